The lowest BCUT2D eigenvalue weighted by Crippen LogP contribution is -2.12. The zero-order chi connectivity index (χ0) is 11.8. The van der Waals surface area contributed by atoms with Gasteiger partial charge in [0.15, 0.2) is 18.4 Å². The fraction of sp³-hybridized carbons (Fsp3) is 0.182. The summed E-state index contributed by atoms with van der Waals surface area (Å²) in [6, 6.07) is 4.35. The van der Waals surface area contributed by atoms with E-state index in [9.17, 15) is 4.39 Å². The lowest BCUT2D eigenvalue weighted by Gasteiger charge is -2.19. The number of nitrogens with zero attached hydrogens (tertiary/aromatic N) is 1. The van der Waals surface area contributed by atoms with E-state index in [1.807, 2.05) is 0 Å². The predicted octanol–water partition coefficient (Wildman–Crippen LogP) is 1.93. The van der Waals surface area contributed by atoms with Gasteiger partial charge in [0.2, 0.25) is 0 Å². The summed E-state index contributed by atoms with van der Waals surface area (Å²) in [5.41, 5.74) is 6.34. The summed E-state index contributed by atoms with van der Waals surface area (Å²) < 4.78 is 29.2. The van der Waals surface area contributed by atoms with Crippen molar-refractivity contribution in [1.82, 2.24) is 5.16 Å². The highest BCUT2D eigenvalue weighted by molar-refractivity contribution is 5.68. The monoisotopic (exact) mass is 236 g/mol. The number of nitrogens with two attached hydrogens (primary N) is 1. The maximum Gasteiger partial charge on any atom is 0.189 e. The number of nitrogen functional groups attached to an aromatic ring is 1. The van der Waals surface area contributed by atoms with Gasteiger partial charge in [0.25, 0.3) is 0 Å². The molecule has 0 radical (unpaired) electrons. The quantitative estimate of drug-likeness (QED) is 0.819. The predicted molar refractivity (Wildman–Crippen MR) is 56.6 cm³/mol. The second-order valence-electron chi connectivity index (χ2n) is 3.63. The lowest BCUT2D eigenvalue weighted by atomic mass is 10.0. The zero-order valence-electron chi connectivity index (χ0n) is 8.77. The molecule has 0 saturated carbocycles. The number of anilines is 1. The van der Waals surface area contributed by atoms with Crippen molar-refractivity contribution in [2.75, 3.05) is 12.5 Å². The van der Waals surface area contributed by atoms with Crippen LogP contribution in [0.5, 0.6) is 5.75 Å². The Labute approximate surface area is 95.9 Å². The number of ether oxygens (including phenoxy) is 2. The second-order valence-corrected chi connectivity index (χ2v) is 3.63. The van der Waals surface area contributed by atoms with Crippen LogP contribution in [0.4, 0.5) is 10.2 Å². The molecule has 0 spiro atoms. The Morgan fingerprint density at radius 1 is 1.35 bits per heavy atom. The van der Waals surface area contributed by atoms with Crippen molar-refractivity contribution in [3.63, 3.8) is 0 Å². The minimum absolute atomic E-state index is 0.163. The molecule has 17 heavy (non-hydrogen) atoms. The Morgan fingerprint density at radius 2 is 2.24 bits per heavy atom. The fourth-order valence-electron chi connectivity index (χ4n) is 1.80. The van der Waals surface area contributed by atoms with Gasteiger partial charge >= 0.3 is 0 Å². The maximum absolute atomic E-state index is 13.8. The standard InChI is InChI=1S/C11H9FN2O3/c12-7-1-2-8-6(4-15-5-16-8)11(7)9-3-10(13)14-17-9/h1-3H,4-5H2,(H2,13,14). The molecule has 0 fully saturated rings. The Balaban J connectivity index is 2.20. The summed E-state index contributed by atoms with van der Waals surface area (Å²) >= 11 is 0. The highest BCUT2D eigenvalue weighted by Crippen LogP contribution is 2.36. The molecule has 1 aliphatic rings. The summed E-state index contributed by atoms with van der Waals surface area (Å²) in [5.74, 6) is 0.636. The average Bonchev–Trinajstić information content (AvgIpc) is 2.75. The summed E-state index contributed by atoms with van der Waals surface area (Å²) in [7, 11) is 0. The van der Waals surface area contributed by atoms with E-state index in [-0.39, 0.29) is 30.5 Å². The van der Waals surface area contributed by atoms with Crippen LogP contribution in [0, 0.1) is 5.82 Å². The Bertz CT molecular complexity index is 568. The fourth-order valence-corrected chi connectivity index (χ4v) is 1.80. The van der Waals surface area contributed by atoms with Crippen molar-refractivity contribution in [2.45, 2.75) is 6.61 Å². The van der Waals surface area contributed by atoms with E-state index in [1.54, 1.807) is 6.07 Å². The molecule has 1 aromatic heterocycles. The average molecular weight is 236 g/mol. The largest absolute Gasteiger partial charge is 0.467 e. The van der Waals surface area contributed by atoms with Crippen molar-refractivity contribution < 1.29 is 18.4 Å². The normalized spacial score (nSPS) is 14.2. The van der Waals surface area contributed by atoms with Gasteiger partial charge in [-0.2, -0.15) is 0 Å². The molecule has 0 atom stereocenters. The van der Waals surface area contributed by atoms with E-state index >= 15 is 0 Å². The number of hydrogen-bond donors (Lipinski definition) is 1. The van der Waals surface area contributed by atoms with Gasteiger partial charge < -0.3 is 19.7 Å². The molecule has 0 saturated heterocycles. The first-order valence-electron chi connectivity index (χ1n) is 5.00. The van der Waals surface area contributed by atoms with Crippen LogP contribution in [0.25, 0.3) is 11.3 Å². The first-order valence-corrected chi connectivity index (χ1v) is 5.00. The minimum Gasteiger partial charge on any atom is -0.467 e. The first-order chi connectivity index (χ1) is 8.25. The zero-order valence-corrected chi connectivity index (χ0v) is 8.77. The van der Waals surface area contributed by atoms with Crippen LogP contribution >= 0.6 is 0 Å². The molecule has 6 heteroatoms. The molecule has 2 heterocycles. The molecule has 0 bridgehead atoms. The van der Waals surface area contributed by atoms with Crippen molar-refractivity contribution in [2.24, 2.45) is 0 Å². The molecule has 0 amide bonds. The van der Waals surface area contributed by atoms with E-state index in [1.165, 1.54) is 12.1 Å². The van der Waals surface area contributed by atoms with Crippen LogP contribution in [0.15, 0.2) is 22.7 Å². The highest BCUT2D eigenvalue weighted by atomic mass is 19.1. The molecule has 1 aliphatic heterocycles. The van der Waals surface area contributed by atoms with Crippen LogP contribution in [-0.2, 0) is 11.3 Å². The van der Waals surface area contributed by atoms with Gasteiger partial charge in [0, 0.05) is 11.6 Å². The molecule has 0 unspecified atom stereocenters. The van der Waals surface area contributed by atoms with E-state index in [0.717, 1.165) is 0 Å². The molecule has 0 aliphatic carbocycles. The Morgan fingerprint density at radius 3 is 3.00 bits per heavy atom. The van der Waals surface area contributed by atoms with Gasteiger partial charge in [0.05, 0.1) is 12.2 Å². The van der Waals surface area contributed by atoms with Crippen molar-refractivity contribution in [1.29, 1.82) is 0 Å². The second kappa shape index (κ2) is 3.74. The SMILES string of the molecule is Nc1cc(-c2c(F)ccc3c2COCO3)on1. The number of aromatic nitrogens is 1. The van der Waals surface area contributed by atoms with Crippen LogP contribution < -0.4 is 10.5 Å². The Hall–Kier alpha value is -2.08. The van der Waals surface area contributed by atoms with E-state index in [2.05, 4.69) is 5.16 Å². The van der Waals surface area contributed by atoms with Gasteiger partial charge in [-0.05, 0) is 12.1 Å². The summed E-state index contributed by atoms with van der Waals surface area (Å²) in [5, 5.41) is 3.54. The van der Waals surface area contributed by atoms with Crippen LogP contribution in [0.2, 0.25) is 0 Å². The number of rotatable bonds is 1. The van der Waals surface area contributed by atoms with Gasteiger partial charge in [-0.3, -0.25) is 0 Å². The van der Waals surface area contributed by atoms with Crippen LogP contribution in [0.3, 0.4) is 0 Å². The molecule has 2 N–H and O–H groups in total. The topological polar surface area (TPSA) is 70.5 Å². The summed E-state index contributed by atoms with van der Waals surface area (Å²) in [6.45, 7) is 0.430. The maximum atomic E-state index is 13.8. The third-order valence-electron chi connectivity index (χ3n) is 2.54. The minimum atomic E-state index is -0.422. The molecule has 2 aromatic rings. The van der Waals surface area contributed by atoms with Crippen LogP contribution in [-0.4, -0.2) is 11.9 Å². The summed E-state index contributed by atoms with van der Waals surface area (Å²) in [4.78, 5) is 0. The van der Waals surface area contributed by atoms with Gasteiger partial charge in [-0.25, -0.2) is 4.39 Å². The van der Waals surface area contributed by atoms with Gasteiger partial charge in [-0.15, -0.1) is 0 Å². The van der Waals surface area contributed by atoms with E-state index in [0.29, 0.717) is 11.3 Å². The van der Waals surface area contributed by atoms with Crippen molar-refractivity contribution in [3.05, 3.63) is 29.6 Å². The van der Waals surface area contributed by atoms with Crippen molar-refractivity contribution in [3.8, 4) is 17.1 Å². The Kier molecular flexibility index (Phi) is 2.22. The molecular formula is C11H9FN2O3. The third-order valence-corrected chi connectivity index (χ3v) is 2.54. The molecule has 3 rings (SSSR count). The molecule has 5 nitrogen and oxygen atoms in total. The number of hydrogen-bond acceptors (Lipinski definition) is 5. The molecule has 88 valence electrons. The lowest BCUT2D eigenvalue weighted by molar-refractivity contribution is -0.0163. The summed E-state index contributed by atoms with van der Waals surface area (Å²) in [6.07, 6.45) is 0. The number of fused-ring (bicyclic) bond motifs is 1. The highest BCUT2D eigenvalue weighted by Gasteiger charge is 2.22. The van der Waals surface area contributed by atoms with Gasteiger partial charge in [-0.1, -0.05) is 5.16 Å². The van der Waals surface area contributed by atoms with Crippen molar-refractivity contribution >= 4 is 5.82 Å². The van der Waals surface area contributed by atoms with Crippen LogP contribution in [0.1, 0.15) is 5.56 Å². The third kappa shape index (κ3) is 1.62. The first kappa shape index (κ1) is 10.1. The number of benzene rings is 1. The smallest absolute Gasteiger partial charge is 0.189 e. The number of halogens is 1. The van der Waals surface area contributed by atoms with Gasteiger partial charge in [0.1, 0.15) is 11.6 Å². The molecule has 1 aromatic carbocycles. The van der Waals surface area contributed by atoms with E-state index < -0.39 is 5.82 Å². The molecular weight excluding hydrogens is 227 g/mol. The van der Waals surface area contributed by atoms with E-state index in [4.69, 9.17) is 19.7 Å².